The molecule has 21 heavy (non-hydrogen) atoms. The van der Waals surface area contributed by atoms with Gasteiger partial charge in [0.25, 0.3) is 0 Å². The maximum Gasteiger partial charge on any atom is 0.207 e. The lowest BCUT2D eigenvalue weighted by molar-refractivity contribution is 0.103. The zero-order valence-corrected chi connectivity index (χ0v) is 15.0. The van der Waals surface area contributed by atoms with E-state index in [-0.39, 0.29) is 5.78 Å². The van der Waals surface area contributed by atoms with Crippen LogP contribution in [0, 0.1) is 13.8 Å². The molecule has 0 aliphatic rings. The quantitative estimate of drug-likeness (QED) is 0.554. The smallest absolute Gasteiger partial charge is 0.207 e. The SMILES string of the molecule is COc1c(C)cc(Br)c(C)c1C(=O)c1cc2sccc2s1. The van der Waals surface area contributed by atoms with Crippen molar-refractivity contribution < 1.29 is 9.53 Å². The van der Waals surface area contributed by atoms with Gasteiger partial charge in [0.05, 0.1) is 17.6 Å². The van der Waals surface area contributed by atoms with Crippen LogP contribution in [0.2, 0.25) is 0 Å². The zero-order valence-electron chi connectivity index (χ0n) is 11.8. The molecule has 0 atom stereocenters. The highest BCUT2D eigenvalue weighted by Crippen LogP contribution is 2.37. The van der Waals surface area contributed by atoms with Gasteiger partial charge in [-0.3, -0.25) is 4.79 Å². The number of hydrogen-bond donors (Lipinski definition) is 0. The van der Waals surface area contributed by atoms with Crippen molar-refractivity contribution in [3.63, 3.8) is 0 Å². The number of ketones is 1. The predicted octanol–water partition coefficient (Wildman–Crippen LogP) is 5.58. The molecule has 0 amide bonds. The lowest BCUT2D eigenvalue weighted by atomic mass is 9.99. The van der Waals surface area contributed by atoms with Gasteiger partial charge in [-0.05, 0) is 48.6 Å². The fourth-order valence-corrected chi connectivity index (χ4v) is 4.98. The highest BCUT2D eigenvalue weighted by Gasteiger charge is 2.22. The summed E-state index contributed by atoms with van der Waals surface area (Å²) in [6.45, 7) is 3.89. The van der Waals surface area contributed by atoms with E-state index >= 15 is 0 Å². The standard InChI is InChI=1S/C16H13BrO2S2/c1-8-6-10(17)9(2)14(16(8)19-3)15(18)13-7-12-11(21-13)4-5-20-12/h4-7H,1-3H3. The molecule has 1 aromatic carbocycles. The molecule has 0 bridgehead atoms. The molecule has 0 radical (unpaired) electrons. The van der Waals surface area contributed by atoms with Gasteiger partial charge in [-0.2, -0.15) is 0 Å². The van der Waals surface area contributed by atoms with Crippen molar-refractivity contribution >= 4 is 53.8 Å². The van der Waals surface area contributed by atoms with E-state index in [0.29, 0.717) is 11.3 Å². The second kappa shape index (κ2) is 5.55. The number of thiophene rings is 2. The normalized spacial score (nSPS) is 11.0. The molecule has 0 saturated carbocycles. The molecule has 0 fully saturated rings. The van der Waals surface area contributed by atoms with Crippen molar-refractivity contribution in [2.24, 2.45) is 0 Å². The van der Waals surface area contributed by atoms with E-state index in [1.54, 1.807) is 18.4 Å². The molecule has 2 heterocycles. The number of carbonyl (C=O) groups is 1. The summed E-state index contributed by atoms with van der Waals surface area (Å²) in [5, 5.41) is 2.05. The van der Waals surface area contributed by atoms with Crippen LogP contribution >= 0.6 is 38.6 Å². The van der Waals surface area contributed by atoms with E-state index in [1.165, 1.54) is 11.3 Å². The first-order valence-electron chi connectivity index (χ1n) is 6.38. The van der Waals surface area contributed by atoms with E-state index in [2.05, 4.69) is 22.0 Å². The van der Waals surface area contributed by atoms with Gasteiger partial charge in [0.15, 0.2) is 0 Å². The van der Waals surface area contributed by atoms with Crippen LogP contribution in [0.15, 0.2) is 28.1 Å². The Balaban J connectivity index is 2.19. The molecule has 3 rings (SSSR count). The molecule has 5 heteroatoms. The Morgan fingerprint density at radius 3 is 2.67 bits per heavy atom. The minimum absolute atomic E-state index is 0.0298. The summed E-state index contributed by atoms with van der Waals surface area (Å²) in [6, 6.07) is 6.01. The molecule has 0 aliphatic heterocycles. The topological polar surface area (TPSA) is 26.3 Å². The minimum Gasteiger partial charge on any atom is -0.496 e. The number of benzene rings is 1. The van der Waals surface area contributed by atoms with Gasteiger partial charge in [-0.1, -0.05) is 15.9 Å². The number of halogens is 1. The first kappa shape index (κ1) is 14.8. The van der Waals surface area contributed by atoms with Gasteiger partial charge in [0, 0.05) is 13.9 Å². The Hall–Kier alpha value is -1.17. The number of fused-ring (bicyclic) bond motifs is 1. The molecule has 0 aliphatic carbocycles. The number of methoxy groups -OCH3 is 1. The fraction of sp³-hybridized carbons (Fsp3) is 0.188. The molecule has 3 aromatic rings. The van der Waals surface area contributed by atoms with Crippen molar-refractivity contribution in [1.82, 2.24) is 0 Å². The minimum atomic E-state index is 0.0298. The first-order chi connectivity index (χ1) is 10.0. The third kappa shape index (κ3) is 2.43. The van der Waals surface area contributed by atoms with E-state index in [9.17, 15) is 4.79 Å². The van der Waals surface area contributed by atoms with Crippen molar-refractivity contribution in [3.8, 4) is 5.75 Å². The lowest BCUT2D eigenvalue weighted by Crippen LogP contribution is -2.07. The number of hydrogen-bond acceptors (Lipinski definition) is 4. The van der Waals surface area contributed by atoms with Crippen molar-refractivity contribution in [2.45, 2.75) is 13.8 Å². The van der Waals surface area contributed by atoms with E-state index in [1.807, 2.05) is 31.4 Å². The molecular weight excluding hydrogens is 368 g/mol. The third-order valence-electron chi connectivity index (χ3n) is 3.46. The van der Waals surface area contributed by atoms with Crippen LogP contribution < -0.4 is 4.74 Å². The van der Waals surface area contributed by atoms with Gasteiger partial charge < -0.3 is 4.74 Å². The van der Waals surface area contributed by atoms with Gasteiger partial charge >= 0.3 is 0 Å². The summed E-state index contributed by atoms with van der Waals surface area (Å²) >= 11 is 6.72. The third-order valence-corrected chi connectivity index (χ3v) is 6.37. The largest absolute Gasteiger partial charge is 0.496 e. The van der Waals surface area contributed by atoms with E-state index in [0.717, 1.165) is 29.9 Å². The highest BCUT2D eigenvalue weighted by atomic mass is 79.9. The van der Waals surface area contributed by atoms with E-state index in [4.69, 9.17) is 4.74 Å². The molecule has 2 nitrogen and oxygen atoms in total. The Bertz CT molecular complexity index is 817. The summed E-state index contributed by atoms with van der Waals surface area (Å²) in [5.41, 5.74) is 2.52. The average molecular weight is 381 g/mol. The lowest BCUT2D eigenvalue weighted by Gasteiger charge is -2.14. The van der Waals surface area contributed by atoms with E-state index < -0.39 is 0 Å². The van der Waals surface area contributed by atoms with Crippen LogP contribution in [0.25, 0.3) is 9.40 Å². The Morgan fingerprint density at radius 2 is 2.00 bits per heavy atom. The maximum atomic E-state index is 12.9. The molecule has 0 unspecified atom stereocenters. The van der Waals surface area contributed by atoms with Gasteiger partial charge in [-0.25, -0.2) is 0 Å². The first-order valence-corrected chi connectivity index (χ1v) is 8.87. The Morgan fingerprint density at radius 1 is 1.24 bits per heavy atom. The molecule has 0 N–H and O–H groups in total. The van der Waals surface area contributed by atoms with Crippen LogP contribution in [0.3, 0.4) is 0 Å². The summed E-state index contributed by atoms with van der Waals surface area (Å²) in [6.07, 6.45) is 0. The van der Waals surface area contributed by atoms with Crippen molar-refractivity contribution in [3.05, 3.63) is 49.6 Å². The zero-order chi connectivity index (χ0) is 15.1. The fourth-order valence-electron chi connectivity index (χ4n) is 2.39. The molecule has 0 saturated heterocycles. The van der Waals surface area contributed by atoms with Crippen LogP contribution in [0.4, 0.5) is 0 Å². The monoisotopic (exact) mass is 380 g/mol. The Kier molecular flexibility index (Phi) is 3.90. The van der Waals surface area contributed by atoms with Gasteiger partial charge in [0.1, 0.15) is 5.75 Å². The van der Waals surface area contributed by atoms with Crippen LogP contribution in [0.1, 0.15) is 26.4 Å². The van der Waals surface area contributed by atoms with Crippen molar-refractivity contribution in [2.75, 3.05) is 7.11 Å². The van der Waals surface area contributed by atoms with Crippen molar-refractivity contribution in [1.29, 1.82) is 0 Å². The van der Waals surface area contributed by atoms with Crippen LogP contribution in [-0.2, 0) is 0 Å². The molecule has 108 valence electrons. The highest BCUT2D eigenvalue weighted by molar-refractivity contribution is 9.10. The maximum absolute atomic E-state index is 12.9. The summed E-state index contributed by atoms with van der Waals surface area (Å²) in [5.74, 6) is 0.694. The predicted molar refractivity (Wildman–Crippen MR) is 93.3 cm³/mol. The number of aryl methyl sites for hydroxylation is 1. The summed E-state index contributed by atoms with van der Waals surface area (Å²) in [4.78, 5) is 13.7. The molecular formula is C16H13BrO2S2. The second-order valence-corrected chi connectivity index (χ2v) is 7.68. The Labute approximate surface area is 139 Å². The number of ether oxygens (including phenoxy) is 1. The molecule has 2 aromatic heterocycles. The van der Waals surface area contributed by atoms with Gasteiger partial charge in [0.2, 0.25) is 5.78 Å². The number of carbonyl (C=O) groups excluding carboxylic acids is 1. The average Bonchev–Trinajstić information content (AvgIpc) is 3.02. The summed E-state index contributed by atoms with van der Waals surface area (Å²) in [7, 11) is 1.61. The summed E-state index contributed by atoms with van der Waals surface area (Å²) < 4.78 is 8.73. The van der Waals surface area contributed by atoms with Crippen LogP contribution in [0.5, 0.6) is 5.75 Å². The molecule has 0 spiro atoms. The van der Waals surface area contributed by atoms with Crippen LogP contribution in [-0.4, -0.2) is 12.9 Å². The number of rotatable bonds is 3. The second-order valence-electron chi connectivity index (χ2n) is 4.80. The van der Waals surface area contributed by atoms with Gasteiger partial charge in [-0.15, -0.1) is 22.7 Å².